The van der Waals surface area contributed by atoms with Crippen LogP contribution < -0.4 is 5.32 Å². The lowest BCUT2D eigenvalue weighted by Crippen LogP contribution is -2.17. The standard InChI is InChI=1S/C21H25NS2.C2H2O4/c1(2-9-21-23-15-6-16-24-21)5-13-22-14-12-18-10-11-19-7-3-4-8-20(19)17-18;3-1(4)2(5)6/h3-4,7-8,10-11,17,21-22H,2,6,9,12-16H2;(H,3,4)(H,5,6). The predicted molar refractivity (Wildman–Crippen MR) is 126 cm³/mol. The van der Waals surface area contributed by atoms with Crippen molar-refractivity contribution < 1.29 is 19.8 Å². The average Bonchev–Trinajstić information content (AvgIpc) is 2.76. The summed E-state index contributed by atoms with van der Waals surface area (Å²) in [7, 11) is 0. The van der Waals surface area contributed by atoms with Crippen LogP contribution >= 0.6 is 23.5 Å². The van der Waals surface area contributed by atoms with E-state index < -0.39 is 11.9 Å². The maximum atomic E-state index is 9.10. The minimum atomic E-state index is -1.82. The first kappa shape index (κ1) is 24.1. The Morgan fingerprint density at radius 3 is 2.40 bits per heavy atom. The number of thioether (sulfide) groups is 2. The van der Waals surface area contributed by atoms with Crippen LogP contribution in [0.2, 0.25) is 0 Å². The SMILES string of the molecule is C(#CCNCCc1ccc2ccccc2c1)CCC1SCCCS1.O=C(O)C(=O)O. The Morgan fingerprint density at radius 2 is 1.70 bits per heavy atom. The van der Waals surface area contributed by atoms with Gasteiger partial charge in [-0.05, 0) is 47.1 Å². The molecule has 1 aliphatic rings. The molecule has 30 heavy (non-hydrogen) atoms. The normalized spacial score (nSPS) is 13.6. The maximum Gasteiger partial charge on any atom is 0.414 e. The highest BCUT2D eigenvalue weighted by Gasteiger charge is 2.12. The Balaban J connectivity index is 0.000000469. The summed E-state index contributed by atoms with van der Waals surface area (Å²) in [6.07, 6.45) is 4.71. The molecule has 5 nitrogen and oxygen atoms in total. The van der Waals surface area contributed by atoms with E-state index in [0.717, 1.165) is 30.5 Å². The molecule has 1 fully saturated rings. The third kappa shape index (κ3) is 9.57. The molecule has 0 atom stereocenters. The Labute approximate surface area is 186 Å². The van der Waals surface area contributed by atoms with Crippen LogP contribution in [-0.4, -0.2) is 51.3 Å². The van der Waals surface area contributed by atoms with Crippen molar-refractivity contribution in [1.82, 2.24) is 5.32 Å². The number of carboxylic acids is 2. The molecule has 0 aromatic heterocycles. The van der Waals surface area contributed by atoms with Crippen molar-refractivity contribution in [2.75, 3.05) is 24.6 Å². The zero-order valence-corrected chi connectivity index (χ0v) is 18.4. The van der Waals surface area contributed by atoms with Gasteiger partial charge in [-0.2, -0.15) is 0 Å². The van der Waals surface area contributed by atoms with E-state index in [9.17, 15) is 0 Å². The highest BCUT2D eigenvalue weighted by Crippen LogP contribution is 2.33. The van der Waals surface area contributed by atoms with Crippen LogP contribution in [0.15, 0.2) is 42.5 Å². The zero-order valence-electron chi connectivity index (χ0n) is 16.8. The van der Waals surface area contributed by atoms with Crippen molar-refractivity contribution in [2.24, 2.45) is 0 Å². The first-order valence-electron chi connectivity index (χ1n) is 9.90. The lowest BCUT2D eigenvalue weighted by Gasteiger charge is -2.19. The van der Waals surface area contributed by atoms with Gasteiger partial charge in [-0.1, -0.05) is 48.4 Å². The van der Waals surface area contributed by atoms with Gasteiger partial charge in [-0.25, -0.2) is 9.59 Å². The molecular formula is C23H27NO4S2. The minimum Gasteiger partial charge on any atom is -0.473 e. The Bertz CT molecular complexity index is 873. The highest BCUT2D eigenvalue weighted by molar-refractivity contribution is 8.17. The van der Waals surface area contributed by atoms with Gasteiger partial charge in [0.15, 0.2) is 0 Å². The second kappa shape index (κ2) is 14.0. The summed E-state index contributed by atoms with van der Waals surface area (Å²) in [5.74, 6) is 5.60. The molecule has 1 aliphatic heterocycles. The van der Waals surface area contributed by atoms with Crippen molar-refractivity contribution in [3.8, 4) is 11.8 Å². The van der Waals surface area contributed by atoms with Gasteiger partial charge in [0.1, 0.15) is 0 Å². The van der Waals surface area contributed by atoms with E-state index in [1.807, 2.05) is 0 Å². The monoisotopic (exact) mass is 445 g/mol. The van der Waals surface area contributed by atoms with Crippen LogP contribution in [0.1, 0.15) is 24.8 Å². The van der Waals surface area contributed by atoms with Crippen LogP contribution in [0.4, 0.5) is 0 Å². The molecule has 1 heterocycles. The molecule has 0 saturated carbocycles. The number of carbonyl (C=O) groups is 2. The van der Waals surface area contributed by atoms with Gasteiger partial charge < -0.3 is 15.5 Å². The van der Waals surface area contributed by atoms with Gasteiger partial charge >= 0.3 is 11.9 Å². The number of hydrogen-bond acceptors (Lipinski definition) is 5. The first-order valence-corrected chi connectivity index (χ1v) is 12.0. The molecule has 3 N–H and O–H groups in total. The van der Waals surface area contributed by atoms with E-state index in [4.69, 9.17) is 19.8 Å². The molecule has 0 amide bonds. The van der Waals surface area contributed by atoms with Crippen LogP contribution in [0.3, 0.4) is 0 Å². The second-order valence-electron chi connectivity index (χ2n) is 6.64. The molecule has 0 spiro atoms. The van der Waals surface area contributed by atoms with Gasteiger partial charge in [0.25, 0.3) is 0 Å². The Hall–Kier alpha value is -2.14. The van der Waals surface area contributed by atoms with Crippen molar-refractivity contribution in [3.63, 3.8) is 0 Å². The van der Waals surface area contributed by atoms with E-state index in [1.165, 1.54) is 40.7 Å². The molecule has 2 aromatic rings. The van der Waals surface area contributed by atoms with Crippen molar-refractivity contribution in [3.05, 3.63) is 48.0 Å². The molecule has 160 valence electrons. The smallest absolute Gasteiger partial charge is 0.414 e. The lowest BCUT2D eigenvalue weighted by atomic mass is 10.1. The number of hydrogen-bond donors (Lipinski definition) is 3. The van der Waals surface area contributed by atoms with Crippen LogP contribution in [-0.2, 0) is 16.0 Å². The molecule has 2 aromatic carbocycles. The number of fused-ring (bicyclic) bond motifs is 1. The largest absolute Gasteiger partial charge is 0.473 e. The zero-order chi connectivity index (χ0) is 21.6. The van der Waals surface area contributed by atoms with E-state index >= 15 is 0 Å². The van der Waals surface area contributed by atoms with E-state index in [2.05, 4.69) is 83.1 Å². The van der Waals surface area contributed by atoms with Gasteiger partial charge in [0.05, 0.1) is 11.1 Å². The molecule has 0 unspecified atom stereocenters. The highest BCUT2D eigenvalue weighted by atomic mass is 32.2. The number of rotatable bonds is 6. The molecular weight excluding hydrogens is 418 g/mol. The molecule has 0 radical (unpaired) electrons. The molecule has 0 bridgehead atoms. The number of aliphatic carboxylic acids is 2. The molecule has 7 heteroatoms. The number of nitrogens with one attached hydrogen (secondary N) is 1. The number of carboxylic acid groups (broad SMARTS) is 2. The summed E-state index contributed by atoms with van der Waals surface area (Å²) >= 11 is 4.23. The summed E-state index contributed by atoms with van der Waals surface area (Å²) in [6.45, 7) is 1.79. The van der Waals surface area contributed by atoms with Gasteiger partial charge in [-0.3, -0.25) is 0 Å². The quantitative estimate of drug-likeness (QED) is 0.350. The topological polar surface area (TPSA) is 86.6 Å². The van der Waals surface area contributed by atoms with Gasteiger partial charge in [0.2, 0.25) is 0 Å². The third-order valence-corrected chi connectivity index (χ3v) is 7.41. The van der Waals surface area contributed by atoms with Crippen LogP contribution in [0, 0.1) is 11.8 Å². The third-order valence-electron chi connectivity index (χ3n) is 4.33. The van der Waals surface area contributed by atoms with Crippen molar-refractivity contribution >= 4 is 46.2 Å². The fourth-order valence-corrected chi connectivity index (χ4v) is 5.68. The summed E-state index contributed by atoms with van der Waals surface area (Å²) < 4.78 is 0.786. The number of benzene rings is 2. The maximum absolute atomic E-state index is 9.10. The van der Waals surface area contributed by atoms with Crippen molar-refractivity contribution in [2.45, 2.75) is 30.3 Å². The first-order chi connectivity index (χ1) is 14.6. The predicted octanol–water partition coefficient (Wildman–Crippen LogP) is 4.11. The summed E-state index contributed by atoms with van der Waals surface area (Å²) in [4.78, 5) is 18.2. The van der Waals surface area contributed by atoms with Crippen LogP contribution in [0.5, 0.6) is 0 Å². The minimum absolute atomic E-state index is 0.786. The lowest BCUT2D eigenvalue weighted by molar-refractivity contribution is -0.159. The molecule has 1 saturated heterocycles. The van der Waals surface area contributed by atoms with E-state index in [1.54, 1.807) is 0 Å². The van der Waals surface area contributed by atoms with Crippen molar-refractivity contribution in [1.29, 1.82) is 0 Å². The second-order valence-corrected chi connectivity index (χ2v) is 9.56. The Kier molecular flexibility index (Phi) is 11.2. The van der Waals surface area contributed by atoms with Gasteiger partial charge in [-0.15, -0.1) is 29.4 Å². The summed E-state index contributed by atoms with van der Waals surface area (Å²) in [6, 6.07) is 15.3. The fraction of sp³-hybridized carbons (Fsp3) is 0.391. The van der Waals surface area contributed by atoms with Crippen LogP contribution in [0.25, 0.3) is 10.8 Å². The Morgan fingerprint density at radius 1 is 1.00 bits per heavy atom. The van der Waals surface area contributed by atoms with E-state index in [-0.39, 0.29) is 0 Å². The molecule has 3 rings (SSSR count). The molecule has 0 aliphatic carbocycles. The summed E-state index contributed by atoms with van der Waals surface area (Å²) in [5.41, 5.74) is 1.39. The van der Waals surface area contributed by atoms with Gasteiger partial charge in [0, 0.05) is 13.0 Å². The van der Waals surface area contributed by atoms with E-state index in [0.29, 0.717) is 0 Å². The fourth-order valence-electron chi connectivity index (χ4n) is 2.82. The average molecular weight is 446 g/mol. The summed E-state index contributed by atoms with van der Waals surface area (Å²) in [5, 5.41) is 20.9.